The molecule has 3 rings (SSSR count). The number of hydrogen-bond donors (Lipinski definition) is 1. The monoisotopic (exact) mass is 315 g/mol. The van der Waals surface area contributed by atoms with Crippen LogP contribution in [-0.2, 0) is 19.6 Å². The summed E-state index contributed by atoms with van der Waals surface area (Å²) in [7, 11) is -3.58. The SMILES string of the molecule is O=C1NCC(=O)N2CCN(S(=O)(=O)c3cccs3)C[C@@H]12. The second kappa shape index (κ2) is 4.83. The van der Waals surface area contributed by atoms with Gasteiger partial charge in [0.25, 0.3) is 10.0 Å². The molecule has 7 nitrogen and oxygen atoms in total. The molecule has 1 aromatic heterocycles. The van der Waals surface area contributed by atoms with Crippen LogP contribution in [0, 0.1) is 0 Å². The maximum atomic E-state index is 12.4. The van der Waals surface area contributed by atoms with E-state index in [0.29, 0.717) is 0 Å². The number of carbonyl (C=O) groups is 2. The third-order valence-electron chi connectivity index (χ3n) is 3.47. The van der Waals surface area contributed by atoms with Gasteiger partial charge in [0.1, 0.15) is 10.3 Å². The molecule has 108 valence electrons. The minimum Gasteiger partial charge on any atom is -0.345 e. The second-order valence-electron chi connectivity index (χ2n) is 4.62. The van der Waals surface area contributed by atoms with Gasteiger partial charge in [-0.15, -0.1) is 11.3 Å². The van der Waals surface area contributed by atoms with Gasteiger partial charge in [-0.2, -0.15) is 4.31 Å². The first-order valence-electron chi connectivity index (χ1n) is 6.11. The number of thiophene rings is 1. The number of nitrogens with one attached hydrogen (secondary N) is 1. The third kappa shape index (κ3) is 2.11. The minimum absolute atomic E-state index is 0.00694. The van der Waals surface area contributed by atoms with Crippen LogP contribution in [0.3, 0.4) is 0 Å². The molecule has 9 heteroatoms. The van der Waals surface area contributed by atoms with Crippen LogP contribution < -0.4 is 5.32 Å². The Hall–Kier alpha value is -1.45. The summed E-state index contributed by atoms with van der Waals surface area (Å²) in [5.74, 6) is -0.460. The average Bonchev–Trinajstić information content (AvgIpc) is 2.97. The fraction of sp³-hybridized carbons (Fsp3) is 0.455. The van der Waals surface area contributed by atoms with Crippen LogP contribution in [0.4, 0.5) is 0 Å². The molecule has 0 spiro atoms. The largest absolute Gasteiger partial charge is 0.345 e. The first kappa shape index (κ1) is 13.5. The highest BCUT2D eigenvalue weighted by atomic mass is 32.2. The lowest BCUT2D eigenvalue weighted by Crippen LogP contribution is -2.66. The smallest absolute Gasteiger partial charge is 0.252 e. The van der Waals surface area contributed by atoms with Crippen LogP contribution in [0.1, 0.15) is 0 Å². The molecule has 0 bridgehead atoms. The third-order valence-corrected chi connectivity index (χ3v) is 6.71. The number of fused-ring (bicyclic) bond motifs is 1. The van der Waals surface area contributed by atoms with E-state index in [-0.39, 0.29) is 42.2 Å². The summed E-state index contributed by atoms with van der Waals surface area (Å²) in [6, 6.07) is 2.49. The van der Waals surface area contributed by atoms with E-state index in [1.807, 2.05) is 0 Å². The van der Waals surface area contributed by atoms with Gasteiger partial charge in [0.2, 0.25) is 11.8 Å². The van der Waals surface area contributed by atoms with E-state index in [0.717, 1.165) is 11.3 Å². The van der Waals surface area contributed by atoms with E-state index in [2.05, 4.69) is 5.32 Å². The molecular formula is C11H13N3O4S2. The van der Waals surface area contributed by atoms with Crippen molar-refractivity contribution in [3.05, 3.63) is 17.5 Å². The highest BCUT2D eigenvalue weighted by molar-refractivity contribution is 7.91. The first-order valence-corrected chi connectivity index (χ1v) is 8.43. The Bertz CT molecular complexity index is 641. The van der Waals surface area contributed by atoms with E-state index in [1.165, 1.54) is 9.21 Å². The van der Waals surface area contributed by atoms with Crippen LogP contribution in [-0.4, -0.2) is 61.7 Å². The molecule has 2 saturated heterocycles. The molecule has 0 aliphatic carbocycles. The number of amides is 2. The van der Waals surface area contributed by atoms with Gasteiger partial charge in [0, 0.05) is 19.6 Å². The number of hydrogen-bond acceptors (Lipinski definition) is 5. The van der Waals surface area contributed by atoms with Gasteiger partial charge in [0.05, 0.1) is 6.54 Å². The topological polar surface area (TPSA) is 86.8 Å². The fourth-order valence-electron chi connectivity index (χ4n) is 2.42. The van der Waals surface area contributed by atoms with Crippen molar-refractivity contribution in [1.82, 2.24) is 14.5 Å². The second-order valence-corrected chi connectivity index (χ2v) is 7.73. The Morgan fingerprint density at radius 2 is 2.10 bits per heavy atom. The van der Waals surface area contributed by atoms with Gasteiger partial charge in [-0.25, -0.2) is 8.42 Å². The molecule has 1 N–H and O–H groups in total. The lowest BCUT2D eigenvalue weighted by atomic mass is 10.1. The van der Waals surface area contributed by atoms with E-state index in [9.17, 15) is 18.0 Å². The molecule has 20 heavy (non-hydrogen) atoms. The molecule has 0 radical (unpaired) electrons. The first-order chi connectivity index (χ1) is 9.50. The summed E-state index contributed by atoms with van der Waals surface area (Å²) in [4.78, 5) is 25.0. The molecular weight excluding hydrogens is 302 g/mol. The molecule has 0 saturated carbocycles. The molecule has 3 heterocycles. The van der Waals surface area contributed by atoms with Gasteiger partial charge in [-0.1, -0.05) is 6.07 Å². The number of piperazine rings is 2. The van der Waals surface area contributed by atoms with Gasteiger partial charge in [0.15, 0.2) is 0 Å². The maximum Gasteiger partial charge on any atom is 0.252 e. The lowest BCUT2D eigenvalue weighted by molar-refractivity contribution is -0.147. The summed E-state index contributed by atoms with van der Waals surface area (Å²) >= 11 is 1.14. The standard InChI is InChI=1S/C11H13N3O4S2/c15-9-6-12-11(16)8-7-13(3-4-14(8)9)20(17,18)10-2-1-5-19-10/h1-2,5,8H,3-4,6-7H2,(H,12,16)/t8-/m0/s1. The number of rotatable bonds is 2. The Morgan fingerprint density at radius 1 is 1.30 bits per heavy atom. The van der Waals surface area contributed by atoms with Crippen LogP contribution in [0.25, 0.3) is 0 Å². The highest BCUT2D eigenvalue weighted by Gasteiger charge is 2.42. The van der Waals surface area contributed by atoms with Crippen molar-refractivity contribution in [2.24, 2.45) is 0 Å². The molecule has 1 atom stereocenters. The molecule has 0 aromatic carbocycles. The van der Waals surface area contributed by atoms with Crippen molar-refractivity contribution < 1.29 is 18.0 Å². The quantitative estimate of drug-likeness (QED) is 0.765. The number of carbonyl (C=O) groups excluding carboxylic acids is 2. The van der Waals surface area contributed by atoms with Crippen molar-refractivity contribution >= 4 is 33.2 Å². The van der Waals surface area contributed by atoms with Crippen molar-refractivity contribution in [1.29, 1.82) is 0 Å². The van der Waals surface area contributed by atoms with Crippen LogP contribution in [0.5, 0.6) is 0 Å². The van der Waals surface area contributed by atoms with E-state index < -0.39 is 16.1 Å². The predicted molar refractivity (Wildman–Crippen MR) is 71.6 cm³/mol. The molecule has 2 amide bonds. The summed E-state index contributed by atoms with van der Waals surface area (Å²) in [6.45, 7) is 0.474. The molecule has 2 aliphatic heterocycles. The highest BCUT2D eigenvalue weighted by Crippen LogP contribution is 2.24. The van der Waals surface area contributed by atoms with Gasteiger partial charge in [-0.05, 0) is 11.4 Å². The van der Waals surface area contributed by atoms with Gasteiger partial charge >= 0.3 is 0 Å². The Morgan fingerprint density at radius 3 is 2.80 bits per heavy atom. The Balaban J connectivity index is 1.85. The van der Waals surface area contributed by atoms with E-state index in [4.69, 9.17) is 0 Å². The normalized spacial score (nSPS) is 24.4. The summed E-state index contributed by atoms with van der Waals surface area (Å²) < 4.78 is 26.4. The summed E-state index contributed by atoms with van der Waals surface area (Å²) in [5, 5.41) is 4.18. The van der Waals surface area contributed by atoms with Crippen LogP contribution in [0.2, 0.25) is 0 Å². The van der Waals surface area contributed by atoms with Crippen molar-refractivity contribution in [2.75, 3.05) is 26.2 Å². The maximum absolute atomic E-state index is 12.4. The molecule has 1 aromatic rings. The van der Waals surface area contributed by atoms with Gasteiger partial charge in [-0.3, -0.25) is 9.59 Å². The fourth-order valence-corrected chi connectivity index (χ4v) is 5.00. The van der Waals surface area contributed by atoms with Gasteiger partial charge < -0.3 is 10.2 Å². The van der Waals surface area contributed by atoms with Crippen molar-refractivity contribution in [2.45, 2.75) is 10.3 Å². The zero-order valence-electron chi connectivity index (χ0n) is 10.5. The van der Waals surface area contributed by atoms with E-state index >= 15 is 0 Å². The number of sulfonamides is 1. The zero-order chi connectivity index (χ0) is 14.3. The van der Waals surface area contributed by atoms with Crippen molar-refractivity contribution in [3.8, 4) is 0 Å². The molecule has 2 aliphatic rings. The summed E-state index contributed by atoms with van der Waals surface area (Å²) in [6.07, 6.45) is 0. The Labute approximate surface area is 120 Å². The van der Waals surface area contributed by atoms with Crippen molar-refractivity contribution in [3.63, 3.8) is 0 Å². The predicted octanol–water partition coefficient (Wildman–Crippen LogP) is -0.921. The average molecular weight is 315 g/mol. The lowest BCUT2D eigenvalue weighted by Gasteiger charge is -2.42. The van der Waals surface area contributed by atoms with E-state index in [1.54, 1.807) is 17.5 Å². The van der Waals surface area contributed by atoms with Crippen LogP contribution >= 0.6 is 11.3 Å². The number of nitrogens with zero attached hydrogens (tertiary/aromatic N) is 2. The summed E-state index contributed by atoms with van der Waals surface area (Å²) in [5.41, 5.74) is 0. The Kier molecular flexibility index (Phi) is 3.27. The zero-order valence-corrected chi connectivity index (χ0v) is 12.1. The molecule has 2 fully saturated rings. The molecule has 0 unspecified atom stereocenters. The van der Waals surface area contributed by atoms with Crippen LogP contribution in [0.15, 0.2) is 21.7 Å². The minimum atomic E-state index is -3.58.